The third kappa shape index (κ3) is 59.5. The number of hydrogen-bond donors (Lipinski definition) is 2. The van der Waals surface area contributed by atoms with E-state index in [1.807, 2.05) is 6.92 Å². The summed E-state index contributed by atoms with van der Waals surface area (Å²) in [6.07, 6.45) is 19.0. The summed E-state index contributed by atoms with van der Waals surface area (Å²) < 4.78 is 0. The van der Waals surface area contributed by atoms with Crippen molar-refractivity contribution in [3.63, 3.8) is 0 Å². The molecule has 0 unspecified atom stereocenters. The van der Waals surface area contributed by atoms with Crippen molar-refractivity contribution in [2.24, 2.45) is 5.73 Å². The zero-order valence-electron chi connectivity index (χ0n) is 18.8. The molecule has 0 saturated carbocycles. The van der Waals surface area contributed by atoms with E-state index in [1.54, 1.807) is 0 Å². The van der Waals surface area contributed by atoms with E-state index in [2.05, 4.69) is 40.0 Å². The van der Waals surface area contributed by atoms with Gasteiger partial charge in [-0.05, 0) is 33.2 Å². The molecule has 0 amide bonds. The highest BCUT2D eigenvalue weighted by Crippen LogP contribution is 2.12. The third-order valence-electron chi connectivity index (χ3n) is 3.68. The summed E-state index contributed by atoms with van der Waals surface area (Å²) in [5.74, 6) is 0. The van der Waals surface area contributed by atoms with Gasteiger partial charge in [0.2, 0.25) is 0 Å². The average Bonchev–Trinajstić information content (AvgIpc) is 2.65. The molecule has 0 aromatic carbocycles. The van der Waals surface area contributed by atoms with E-state index in [4.69, 9.17) is 5.11 Å². The Bertz CT molecular complexity index is 185. The molecule has 0 fully saturated rings. The van der Waals surface area contributed by atoms with Crippen LogP contribution in [0.25, 0.3) is 0 Å². The lowest BCUT2D eigenvalue weighted by Crippen LogP contribution is -1.82. The normalized spacial score (nSPS) is 8.96. The Kier molecular flexibility index (Phi) is 50.4. The van der Waals surface area contributed by atoms with Crippen molar-refractivity contribution in [1.82, 2.24) is 0 Å². The minimum atomic E-state index is 0.319. The van der Waals surface area contributed by atoms with Gasteiger partial charge in [0.15, 0.2) is 0 Å². The van der Waals surface area contributed by atoms with Crippen LogP contribution in [0.2, 0.25) is 0 Å². The Morgan fingerprint density at radius 3 is 1.20 bits per heavy atom. The van der Waals surface area contributed by atoms with Gasteiger partial charge in [-0.15, -0.1) is 6.58 Å². The summed E-state index contributed by atoms with van der Waals surface area (Å²) in [5.41, 5.74) is 5.84. The lowest BCUT2D eigenvalue weighted by Gasteiger charge is -2.02. The Hall–Kier alpha value is -0.340. The van der Waals surface area contributed by atoms with Gasteiger partial charge in [-0.25, -0.2) is 0 Å². The second kappa shape index (κ2) is 39.0. The lowest BCUT2D eigenvalue weighted by atomic mass is 10.0. The van der Waals surface area contributed by atoms with Crippen molar-refractivity contribution in [3.8, 4) is 0 Å². The zero-order chi connectivity index (χ0) is 20.2. The Morgan fingerprint density at radius 1 is 0.640 bits per heavy atom. The molecule has 25 heavy (non-hydrogen) atoms. The minimum absolute atomic E-state index is 0.319. The molecule has 0 saturated heterocycles. The molecule has 0 radical (unpaired) electrons. The number of rotatable bonds is 13. The standard InChI is InChI=1S/C15H30.C4H10.C3H8O.CH5N/c1-4-5-6-7-8-9-10-11-12-13-14-15(2)3;1-3-4-2;1-2-3-4;1-2/h2,4-14H2,1,3H3;3-4H2,1-2H3;4H,2-3H2,1H3;2H2,1H3. The second-order valence-electron chi connectivity index (χ2n) is 6.61. The summed E-state index contributed by atoms with van der Waals surface area (Å²) in [7, 11) is 1.50. The van der Waals surface area contributed by atoms with Gasteiger partial charge in [0, 0.05) is 6.61 Å². The van der Waals surface area contributed by atoms with Crippen LogP contribution in [-0.2, 0) is 0 Å². The highest BCUT2D eigenvalue weighted by molar-refractivity contribution is 4.86. The SMILES string of the molecule is C=C(C)CCCCCCCCCCCC.CCCC.CCCO.CN. The van der Waals surface area contributed by atoms with Gasteiger partial charge in [-0.3, -0.25) is 0 Å². The van der Waals surface area contributed by atoms with Crippen LogP contribution in [0.15, 0.2) is 12.2 Å². The Labute approximate surface area is 161 Å². The molecular weight excluding hydrogens is 306 g/mol. The summed E-state index contributed by atoms with van der Waals surface area (Å²) in [6.45, 7) is 15.0. The van der Waals surface area contributed by atoms with Gasteiger partial charge in [0.25, 0.3) is 0 Å². The van der Waals surface area contributed by atoms with Crippen molar-refractivity contribution in [3.05, 3.63) is 12.2 Å². The summed E-state index contributed by atoms with van der Waals surface area (Å²) in [6, 6.07) is 0. The van der Waals surface area contributed by atoms with Crippen LogP contribution in [0, 0.1) is 0 Å². The molecule has 2 heteroatoms. The highest BCUT2D eigenvalue weighted by Gasteiger charge is 1.92. The quantitative estimate of drug-likeness (QED) is 0.262. The molecule has 0 atom stereocenters. The monoisotopic (exact) mass is 359 g/mol. The minimum Gasteiger partial charge on any atom is -0.396 e. The first-order valence-corrected chi connectivity index (χ1v) is 10.9. The van der Waals surface area contributed by atoms with Crippen LogP contribution in [0.1, 0.15) is 125 Å². The zero-order valence-corrected chi connectivity index (χ0v) is 18.8. The van der Waals surface area contributed by atoms with Crippen molar-refractivity contribution < 1.29 is 5.11 Å². The highest BCUT2D eigenvalue weighted by atomic mass is 16.2. The van der Waals surface area contributed by atoms with Gasteiger partial charge in [0.1, 0.15) is 0 Å². The maximum Gasteiger partial charge on any atom is 0.0428 e. The maximum absolute atomic E-state index is 7.88. The molecule has 156 valence electrons. The molecule has 0 aromatic heterocycles. The van der Waals surface area contributed by atoms with Crippen LogP contribution >= 0.6 is 0 Å². The predicted molar refractivity (Wildman–Crippen MR) is 119 cm³/mol. The van der Waals surface area contributed by atoms with Crippen LogP contribution in [0.5, 0.6) is 0 Å². The molecule has 0 spiro atoms. The molecule has 2 nitrogen and oxygen atoms in total. The molecule has 0 aliphatic heterocycles. The first-order chi connectivity index (χ1) is 12.1. The van der Waals surface area contributed by atoms with Crippen molar-refractivity contribution in [2.75, 3.05) is 13.7 Å². The number of aliphatic hydroxyl groups excluding tert-OH is 1. The molecule has 0 aromatic rings. The van der Waals surface area contributed by atoms with Crippen LogP contribution in [0.3, 0.4) is 0 Å². The van der Waals surface area contributed by atoms with E-state index in [-0.39, 0.29) is 0 Å². The van der Waals surface area contributed by atoms with Crippen LogP contribution in [0.4, 0.5) is 0 Å². The number of nitrogens with two attached hydrogens (primary N) is 1. The molecule has 0 rings (SSSR count). The molecule has 0 aliphatic rings. The Morgan fingerprint density at radius 2 is 0.960 bits per heavy atom. The first-order valence-electron chi connectivity index (χ1n) is 10.9. The number of unbranched alkanes of at least 4 members (excludes halogenated alkanes) is 10. The predicted octanol–water partition coefficient (Wildman–Crippen LogP) is 7.64. The van der Waals surface area contributed by atoms with Crippen LogP contribution < -0.4 is 5.73 Å². The van der Waals surface area contributed by atoms with E-state index in [1.165, 1.54) is 96.1 Å². The number of allylic oxidation sites excluding steroid dienone is 1. The molecule has 3 N–H and O–H groups in total. The fourth-order valence-electron chi connectivity index (χ4n) is 1.91. The van der Waals surface area contributed by atoms with Crippen LogP contribution in [-0.4, -0.2) is 18.8 Å². The fourth-order valence-corrected chi connectivity index (χ4v) is 1.91. The average molecular weight is 360 g/mol. The van der Waals surface area contributed by atoms with Crippen molar-refractivity contribution in [1.29, 1.82) is 0 Å². The largest absolute Gasteiger partial charge is 0.396 e. The van der Waals surface area contributed by atoms with Gasteiger partial charge < -0.3 is 10.8 Å². The molecule has 0 heterocycles. The van der Waals surface area contributed by atoms with Crippen molar-refractivity contribution in [2.45, 2.75) is 125 Å². The molecular formula is C23H53NO. The van der Waals surface area contributed by atoms with E-state index in [9.17, 15) is 0 Å². The van der Waals surface area contributed by atoms with E-state index in [0.29, 0.717) is 6.61 Å². The van der Waals surface area contributed by atoms with E-state index >= 15 is 0 Å². The maximum atomic E-state index is 7.88. The summed E-state index contributed by atoms with van der Waals surface area (Å²) in [4.78, 5) is 0. The summed E-state index contributed by atoms with van der Waals surface area (Å²) >= 11 is 0. The molecule has 0 bridgehead atoms. The summed E-state index contributed by atoms with van der Waals surface area (Å²) in [5, 5.41) is 7.88. The van der Waals surface area contributed by atoms with Gasteiger partial charge >= 0.3 is 0 Å². The van der Waals surface area contributed by atoms with Gasteiger partial charge in [-0.2, -0.15) is 0 Å². The van der Waals surface area contributed by atoms with Gasteiger partial charge in [-0.1, -0.05) is 104 Å². The first kappa shape index (κ1) is 32.3. The second-order valence-corrected chi connectivity index (χ2v) is 6.61. The smallest absolute Gasteiger partial charge is 0.0428 e. The number of hydrogen-bond acceptors (Lipinski definition) is 2. The third-order valence-corrected chi connectivity index (χ3v) is 3.68. The molecule has 0 aliphatic carbocycles. The van der Waals surface area contributed by atoms with Crippen molar-refractivity contribution >= 4 is 0 Å². The fraction of sp³-hybridized carbons (Fsp3) is 0.913. The van der Waals surface area contributed by atoms with E-state index in [0.717, 1.165) is 6.42 Å². The van der Waals surface area contributed by atoms with Gasteiger partial charge in [0.05, 0.1) is 0 Å². The number of aliphatic hydroxyl groups is 1. The van der Waals surface area contributed by atoms with E-state index < -0.39 is 0 Å². The Balaban J connectivity index is -0.000000182. The topological polar surface area (TPSA) is 46.2 Å². The lowest BCUT2D eigenvalue weighted by molar-refractivity contribution is 0.295.